The van der Waals surface area contributed by atoms with E-state index >= 15 is 0 Å². The van der Waals surface area contributed by atoms with Crippen molar-refractivity contribution in [2.75, 3.05) is 32.9 Å². The first kappa shape index (κ1) is 15.1. The van der Waals surface area contributed by atoms with Crippen LogP contribution in [0.4, 0.5) is 0 Å². The molecule has 0 radical (unpaired) electrons. The van der Waals surface area contributed by atoms with E-state index in [0.717, 1.165) is 5.56 Å². The largest absolute Gasteiger partial charge is 0.493 e. The van der Waals surface area contributed by atoms with E-state index in [0.29, 0.717) is 38.7 Å². The number of morpholine rings is 1. The maximum Gasteiger partial charge on any atom is 0.264 e. The molecule has 0 N–H and O–H groups in total. The Balaban J connectivity index is 2.24. The highest BCUT2D eigenvalue weighted by molar-refractivity contribution is 6.02. The maximum absolute atomic E-state index is 12.3. The molecule has 1 aromatic rings. The highest BCUT2D eigenvalue weighted by Gasteiger charge is 2.20. The molecule has 5 heteroatoms. The van der Waals surface area contributed by atoms with Crippen molar-refractivity contribution in [3.8, 4) is 11.8 Å². The fraction of sp³-hybridized carbons (Fsp3) is 0.375. The summed E-state index contributed by atoms with van der Waals surface area (Å²) in [5, 5.41) is 9.27. The van der Waals surface area contributed by atoms with Gasteiger partial charge in [0.1, 0.15) is 17.4 Å². The molecular weight excluding hydrogens is 268 g/mol. The van der Waals surface area contributed by atoms with Crippen LogP contribution in [-0.4, -0.2) is 43.7 Å². The third-order valence-electron chi connectivity index (χ3n) is 3.17. The number of rotatable bonds is 4. The first-order valence-electron chi connectivity index (χ1n) is 6.97. The molecule has 1 aliphatic heterocycles. The van der Waals surface area contributed by atoms with Crippen molar-refractivity contribution in [2.24, 2.45) is 0 Å². The summed E-state index contributed by atoms with van der Waals surface area (Å²) in [5.74, 6) is 0.412. The zero-order valence-electron chi connectivity index (χ0n) is 12.0. The number of nitriles is 1. The molecule has 0 aromatic heterocycles. The number of carbonyl (C=O) groups excluding carboxylic acids is 1. The number of carbonyl (C=O) groups is 1. The molecule has 0 atom stereocenters. The van der Waals surface area contributed by atoms with Crippen LogP contribution < -0.4 is 4.74 Å². The molecule has 1 amide bonds. The van der Waals surface area contributed by atoms with Crippen molar-refractivity contribution in [1.29, 1.82) is 5.26 Å². The molecule has 0 aliphatic carbocycles. The van der Waals surface area contributed by atoms with Gasteiger partial charge in [0.25, 0.3) is 5.91 Å². The lowest BCUT2D eigenvalue weighted by Crippen LogP contribution is -2.41. The van der Waals surface area contributed by atoms with Crippen LogP contribution in [0, 0.1) is 11.3 Å². The highest BCUT2D eigenvalue weighted by atomic mass is 16.5. The van der Waals surface area contributed by atoms with Crippen molar-refractivity contribution < 1.29 is 14.3 Å². The minimum absolute atomic E-state index is 0.115. The van der Waals surface area contributed by atoms with Gasteiger partial charge in [0.05, 0.1) is 19.8 Å². The van der Waals surface area contributed by atoms with E-state index in [4.69, 9.17) is 9.47 Å². The topological polar surface area (TPSA) is 62.6 Å². The van der Waals surface area contributed by atoms with Gasteiger partial charge in [-0.3, -0.25) is 4.79 Å². The zero-order valence-corrected chi connectivity index (χ0v) is 12.0. The smallest absolute Gasteiger partial charge is 0.264 e. The van der Waals surface area contributed by atoms with Gasteiger partial charge in [-0.25, -0.2) is 0 Å². The monoisotopic (exact) mass is 286 g/mol. The fourth-order valence-corrected chi connectivity index (χ4v) is 2.12. The van der Waals surface area contributed by atoms with Gasteiger partial charge in [-0.2, -0.15) is 5.26 Å². The molecule has 110 valence electrons. The molecule has 2 rings (SSSR count). The van der Waals surface area contributed by atoms with Crippen LogP contribution in [-0.2, 0) is 9.53 Å². The summed E-state index contributed by atoms with van der Waals surface area (Å²) in [6.45, 7) is 4.49. The zero-order chi connectivity index (χ0) is 15.1. The number of nitrogens with zero attached hydrogens (tertiary/aromatic N) is 2. The van der Waals surface area contributed by atoms with Crippen molar-refractivity contribution in [3.05, 3.63) is 35.4 Å². The van der Waals surface area contributed by atoms with Gasteiger partial charge < -0.3 is 14.4 Å². The summed E-state index contributed by atoms with van der Waals surface area (Å²) in [5.41, 5.74) is 0.849. The minimum atomic E-state index is -0.257. The number of hydrogen-bond acceptors (Lipinski definition) is 4. The summed E-state index contributed by atoms with van der Waals surface area (Å²) in [6.07, 6.45) is 1.59. The Morgan fingerprint density at radius 2 is 2.14 bits per heavy atom. The molecule has 0 spiro atoms. The number of amides is 1. The van der Waals surface area contributed by atoms with Crippen LogP contribution in [0.3, 0.4) is 0 Å². The second-order valence-electron chi connectivity index (χ2n) is 4.55. The van der Waals surface area contributed by atoms with Crippen LogP contribution in [0.1, 0.15) is 12.5 Å². The van der Waals surface area contributed by atoms with Gasteiger partial charge in [-0.05, 0) is 19.1 Å². The average Bonchev–Trinajstić information content (AvgIpc) is 2.54. The van der Waals surface area contributed by atoms with E-state index in [1.165, 1.54) is 0 Å². The number of ether oxygens (including phenoxy) is 2. The first-order valence-corrected chi connectivity index (χ1v) is 6.97. The molecule has 0 bridgehead atoms. The second-order valence-corrected chi connectivity index (χ2v) is 4.55. The van der Waals surface area contributed by atoms with Crippen LogP contribution in [0.15, 0.2) is 29.8 Å². The molecule has 1 aliphatic rings. The number of para-hydroxylation sites is 1. The van der Waals surface area contributed by atoms with Gasteiger partial charge in [-0.15, -0.1) is 0 Å². The molecule has 0 unspecified atom stereocenters. The standard InChI is InChI=1S/C16H18N2O3/c1-2-21-15-6-4-3-5-13(15)11-14(12-17)16(19)18-7-9-20-10-8-18/h3-6,11H,2,7-10H2,1H3. The van der Waals surface area contributed by atoms with Crippen LogP contribution in [0.25, 0.3) is 6.08 Å². The van der Waals surface area contributed by atoms with Crippen molar-refractivity contribution in [1.82, 2.24) is 4.90 Å². The summed E-state index contributed by atoms with van der Waals surface area (Å²) in [4.78, 5) is 14.0. The molecular formula is C16H18N2O3. The third-order valence-corrected chi connectivity index (χ3v) is 3.17. The number of hydrogen-bond donors (Lipinski definition) is 0. The second kappa shape index (κ2) is 7.46. The Bertz CT molecular complexity index is 569. The van der Waals surface area contributed by atoms with E-state index in [-0.39, 0.29) is 11.5 Å². The SMILES string of the molecule is CCOc1ccccc1C=C(C#N)C(=O)N1CCOCC1. The van der Waals surface area contributed by atoms with Crippen molar-refractivity contribution >= 4 is 12.0 Å². The fourth-order valence-electron chi connectivity index (χ4n) is 2.12. The maximum atomic E-state index is 12.3. The normalized spacial score (nSPS) is 15.4. The molecule has 1 saturated heterocycles. The lowest BCUT2D eigenvalue weighted by molar-refractivity contribution is -0.130. The van der Waals surface area contributed by atoms with Gasteiger partial charge in [0, 0.05) is 18.7 Å². The predicted octanol–water partition coefficient (Wildman–Crippen LogP) is 1.85. The van der Waals surface area contributed by atoms with Gasteiger partial charge >= 0.3 is 0 Å². The third kappa shape index (κ3) is 3.83. The Morgan fingerprint density at radius 1 is 1.43 bits per heavy atom. The molecule has 0 saturated carbocycles. The molecule has 1 fully saturated rings. The quantitative estimate of drug-likeness (QED) is 0.626. The molecule has 1 heterocycles. The summed E-state index contributed by atoms with van der Waals surface area (Å²) in [7, 11) is 0. The predicted molar refractivity (Wildman–Crippen MR) is 78.6 cm³/mol. The molecule has 21 heavy (non-hydrogen) atoms. The van der Waals surface area contributed by atoms with E-state index in [9.17, 15) is 10.1 Å². The van der Waals surface area contributed by atoms with Gasteiger partial charge in [-0.1, -0.05) is 18.2 Å². The highest BCUT2D eigenvalue weighted by Crippen LogP contribution is 2.21. The summed E-state index contributed by atoms with van der Waals surface area (Å²) < 4.78 is 10.7. The Labute approximate surface area is 124 Å². The minimum Gasteiger partial charge on any atom is -0.493 e. The van der Waals surface area contributed by atoms with Crippen molar-refractivity contribution in [2.45, 2.75) is 6.92 Å². The molecule has 5 nitrogen and oxygen atoms in total. The van der Waals surface area contributed by atoms with Crippen molar-refractivity contribution in [3.63, 3.8) is 0 Å². The van der Waals surface area contributed by atoms with Crippen LogP contribution in [0.2, 0.25) is 0 Å². The number of benzene rings is 1. The Kier molecular flexibility index (Phi) is 5.35. The Morgan fingerprint density at radius 3 is 2.81 bits per heavy atom. The summed E-state index contributed by atoms with van der Waals surface area (Å²) in [6, 6.07) is 9.35. The first-order chi connectivity index (χ1) is 10.3. The summed E-state index contributed by atoms with van der Waals surface area (Å²) >= 11 is 0. The van der Waals surface area contributed by atoms with E-state index in [1.54, 1.807) is 11.0 Å². The van der Waals surface area contributed by atoms with E-state index in [2.05, 4.69) is 0 Å². The van der Waals surface area contributed by atoms with E-state index in [1.807, 2.05) is 37.3 Å². The van der Waals surface area contributed by atoms with Crippen LogP contribution in [0.5, 0.6) is 5.75 Å². The van der Waals surface area contributed by atoms with Gasteiger partial charge in [0.15, 0.2) is 0 Å². The molecule has 1 aromatic carbocycles. The Hall–Kier alpha value is -2.32. The van der Waals surface area contributed by atoms with E-state index < -0.39 is 0 Å². The lowest BCUT2D eigenvalue weighted by atomic mass is 10.1. The van der Waals surface area contributed by atoms with Gasteiger partial charge in [0.2, 0.25) is 0 Å². The van der Waals surface area contributed by atoms with Crippen LogP contribution >= 0.6 is 0 Å². The lowest BCUT2D eigenvalue weighted by Gasteiger charge is -2.26. The average molecular weight is 286 g/mol.